The van der Waals surface area contributed by atoms with Gasteiger partial charge in [0.2, 0.25) is 0 Å². The Kier molecular flexibility index (Phi) is 5.45. The van der Waals surface area contributed by atoms with Crippen molar-refractivity contribution in [2.75, 3.05) is 7.11 Å². The SMILES string of the molecule is COC(=O)C(=O)C1=C(C)NC(=S)N[C@H]1c1ccccc1OC(F)F. The summed E-state index contributed by atoms with van der Waals surface area (Å²) in [5.74, 6) is -2.11. The molecule has 1 heterocycles. The summed E-state index contributed by atoms with van der Waals surface area (Å²) in [6, 6.07) is 5.01. The van der Waals surface area contributed by atoms with E-state index in [1.165, 1.54) is 18.2 Å². The van der Waals surface area contributed by atoms with Crippen LogP contribution >= 0.6 is 12.2 Å². The van der Waals surface area contributed by atoms with Crippen LogP contribution in [0.5, 0.6) is 5.75 Å². The Morgan fingerprint density at radius 3 is 2.58 bits per heavy atom. The number of allylic oxidation sites excluding steroid dienone is 1. The standard InChI is InChI=1S/C15H14F2N2O4S/c1-7-10(12(20)13(21)22-2)11(19-15(24)18-7)8-5-3-4-6-9(8)23-14(16)17/h3-6,11,14H,1-2H3,(H2,18,19,24)/t11-/m0/s1. The summed E-state index contributed by atoms with van der Waals surface area (Å²) in [6.07, 6.45) is 0. The van der Waals surface area contributed by atoms with Gasteiger partial charge in [0.25, 0.3) is 5.78 Å². The van der Waals surface area contributed by atoms with Gasteiger partial charge in [0, 0.05) is 11.3 Å². The van der Waals surface area contributed by atoms with Crippen molar-refractivity contribution in [1.29, 1.82) is 0 Å². The molecule has 0 aliphatic carbocycles. The third kappa shape index (κ3) is 3.67. The van der Waals surface area contributed by atoms with E-state index in [9.17, 15) is 18.4 Å². The number of para-hydroxylation sites is 1. The number of carbonyl (C=O) groups excluding carboxylic acids is 2. The lowest BCUT2D eigenvalue weighted by molar-refractivity contribution is -0.150. The van der Waals surface area contributed by atoms with Crippen molar-refractivity contribution in [2.24, 2.45) is 0 Å². The summed E-state index contributed by atoms with van der Waals surface area (Å²) in [5, 5.41) is 5.71. The minimum Gasteiger partial charge on any atom is -0.463 e. The van der Waals surface area contributed by atoms with E-state index in [1.807, 2.05) is 0 Å². The Morgan fingerprint density at radius 1 is 1.29 bits per heavy atom. The number of methoxy groups -OCH3 is 1. The zero-order chi connectivity index (χ0) is 17.9. The Balaban J connectivity index is 2.54. The van der Waals surface area contributed by atoms with Crippen LogP contribution in [0.4, 0.5) is 8.78 Å². The number of carbonyl (C=O) groups is 2. The van der Waals surface area contributed by atoms with Gasteiger partial charge in [-0.15, -0.1) is 0 Å². The van der Waals surface area contributed by atoms with Crippen molar-refractivity contribution in [3.05, 3.63) is 41.1 Å². The predicted octanol–water partition coefficient (Wildman–Crippen LogP) is 1.82. The van der Waals surface area contributed by atoms with Crippen LogP contribution in [0.2, 0.25) is 0 Å². The monoisotopic (exact) mass is 356 g/mol. The summed E-state index contributed by atoms with van der Waals surface area (Å²) in [6.45, 7) is -1.49. The number of halogens is 2. The second-order valence-corrected chi connectivity index (χ2v) is 5.22. The van der Waals surface area contributed by atoms with Crippen LogP contribution in [0.3, 0.4) is 0 Å². The molecular formula is C15H14F2N2O4S. The fourth-order valence-corrected chi connectivity index (χ4v) is 2.62. The van der Waals surface area contributed by atoms with E-state index in [0.29, 0.717) is 5.70 Å². The average Bonchev–Trinajstić information content (AvgIpc) is 2.52. The zero-order valence-electron chi connectivity index (χ0n) is 12.8. The van der Waals surface area contributed by atoms with Gasteiger partial charge in [-0.2, -0.15) is 8.78 Å². The summed E-state index contributed by atoms with van der Waals surface area (Å²) in [5.41, 5.74) is 0.583. The molecule has 1 aliphatic heterocycles. The summed E-state index contributed by atoms with van der Waals surface area (Å²) in [4.78, 5) is 24.0. The van der Waals surface area contributed by atoms with Gasteiger partial charge in [-0.25, -0.2) is 4.79 Å². The van der Waals surface area contributed by atoms with Gasteiger partial charge in [-0.05, 0) is 25.2 Å². The molecular weight excluding hydrogens is 342 g/mol. The normalized spacial score (nSPS) is 17.2. The third-order valence-corrected chi connectivity index (χ3v) is 3.55. The van der Waals surface area contributed by atoms with Crippen LogP contribution in [0.15, 0.2) is 35.5 Å². The molecule has 0 saturated carbocycles. The Morgan fingerprint density at radius 2 is 1.96 bits per heavy atom. The lowest BCUT2D eigenvalue weighted by Gasteiger charge is -2.30. The summed E-state index contributed by atoms with van der Waals surface area (Å²) in [7, 11) is 1.08. The molecule has 1 aliphatic rings. The number of alkyl halides is 2. The maximum absolute atomic E-state index is 12.6. The van der Waals surface area contributed by atoms with Crippen molar-refractivity contribution >= 4 is 29.1 Å². The van der Waals surface area contributed by atoms with Crippen LogP contribution in [-0.4, -0.2) is 30.6 Å². The van der Waals surface area contributed by atoms with Gasteiger partial charge in [-0.1, -0.05) is 18.2 Å². The highest BCUT2D eigenvalue weighted by molar-refractivity contribution is 7.80. The van der Waals surface area contributed by atoms with E-state index in [-0.39, 0.29) is 22.0 Å². The molecule has 1 aromatic carbocycles. The summed E-state index contributed by atoms with van der Waals surface area (Å²) < 4.78 is 34.2. The minimum absolute atomic E-state index is 0.0146. The Bertz CT molecular complexity index is 721. The van der Waals surface area contributed by atoms with Crippen LogP contribution in [0.25, 0.3) is 0 Å². The molecule has 0 bridgehead atoms. The number of benzene rings is 1. The molecule has 2 rings (SSSR count). The van der Waals surface area contributed by atoms with Crippen molar-refractivity contribution in [3.63, 3.8) is 0 Å². The topological polar surface area (TPSA) is 76.7 Å². The van der Waals surface area contributed by atoms with Gasteiger partial charge < -0.3 is 20.1 Å². The van der Waals surface area contributed by atoms with Crippen molar-refractivity contribution in [1.82, 2.24) is 10.6 Å². The van der Waals surface area contributed by atoms with Gasteiger partial charge >= 0.3 is 12.6 Å². The lowest BCUT2D eigenvalue weighted by Crippen LogP contribution is -2.46. The zero-order valence-corrected chi connectivity index (χ0v) is 13.6. The molecule has 2 N–H and O–H groups in total. The largest absolute Gasteiger partial charge is 0.463 e. The average molecular weight is 356 g/mol. The first-order valence-electron chi connectivity index (χ1n) is 6.79. The van der Waals surface area contributed by atoms with E-state index < -0.39 is 24.4 Å². The van der Waals surface area contributed by atoms with E-state index in [1.54, 1.807) is 13.0 Å². The third-order valence-electron chi connectivity index (χ3n) is 3.33. The van der Waals surface area contributed by atoms with Gasteiger partial charge in [0.1, 0.15) is 5.75 Å². The molecule has 0 unspecified atom stereocenters. The molecule has 24 heavy (non-hydrogen) atoms. The first kappa shape index (κ1) is 17.8. The molecule has 0 radical (unpaired) electrons. The molecule has 0 spiro atoms. The van der Waals surface area contributed by atoms with E-state index in [4.69, 9.17) is 12.2 Å². The molecule has 0 saturated heterocycles. The quantitative estimate of drug-likeness (QED) is 0.473. The minimum atomic E-state index is -3.04. The smallest absolute Gasteiger partial charge is 0.387 e. The van der Waals surface area contributed by atoms with Crippen LogP contribution < -0.4 is 15.4 Å². The number of rotatable bonds is 5. The molecule has 9 heteroatoms. The molecule has 0 fully saturated rings. The summed E-state index contributed by atoms with van der Waals surface area (Å²) >= 11 is 5.05. The molecule has 1 aromatic rings. The van der Waals surface area contributed by atoms with Crippen LogP contribution in [0, 0.1) is 0 Å². The number of nitrogens with one attached hydrogen (secondary N) is 2. The van der Waals surface area contributed by atoms with E-state index in [0.717, 1.165) is 7.11 Å². The first-order valence-corrected chi connectivity index (χ1v) is 7.20. The maximum atomic E-state index is 12.6. The first-order chi connectivity index (χ1) is 11.3. The van der Waals surface area contributed by atoms with E-state index >= 15 is 0 Å². The van der Waals surface area contributed by atoms with E-state index in [2.05, 4.69) is 20.1 Å². The number of ketones is 1. The van der Waals surface area contributed by atoms with Crippen molar-refractivity contribution in [3.8, 4) is 5.75 Å². The van der Waals surface area contributed by atoms with Gasteiger partial charge in [0.15, 0.2) is 5.11 Å². The number of ether oxygens (including phenoxy) is 2. The second kappa shape index (κ2) is 7.35. The fraction of sp³-hybridized carbons (Fsp3) is 0.267. The van der Waals surface area contributed by atoms with Crippen molar-refractivity contribution in [2.45, 2.75) is 19.6 Å². The number of Topliss-reactive ketones (excluding diaryl/α,β-unsaturated/α-hetero) is 1. The van der Waals surface area contributed by atoms with Crippen LogP contribution in [-0.2, 0) is 14.3 Å². The van der Waals surface area contributed by atoms with Gasteiger partial charge in [-0.3, -0.25) is 4.79 Å². The molecule has 1 atom stereocenters. The molecule has 0 aromatic heterocycles. The highest BCUT2D eigenvalue weighted by Gasteiger charge is 2.35. The second-order valence-electron chi connectivity index (χ2n) is 4.81. The maximum Gasteiger partial charge on any atom is 0.387 e. The number of hydrogen-bond donors (Lipinski definition) is 2. The highest BCUT2D eigenvalue weighted by atomic mass is 32.1. The Labute approximate surface area is 141 Å². The predicted molar refractivity (Wildman–Crippen MR) is 84.4 cm³/mol. The van der Waals surface area contributed by atoms with Gasteiger partial charge in [0.05, 0.1) is 18.7 Å². The number of hydrogen-bond acceptors (Lipinski definition) is 5. The molecule has 0 amide bonds. The lowest BCUT2D eigenvalue weighted by atomic mass is 9.92. The number of thiocarbonyl (C=S) groups is 1. The molecule has 6 nitrogen and oxygen atoms in total. The number of esters is 1. The van der Waals surface area contributed by atoms with Crippen molar-refractivity contribution < 1.29 is 27.8 Å². The Hall–Kier alpha value is -2.55. The fourth-order valence-electron chi connectivity index (χ4n) is 2.35. The highest BCUT2D eigenvalue weighted by Crippen LogP contribution is 2.34. The molecule has 128 valence electrons. The van der Waals surface area contributed by atoms with Crippen LogP contribution in [0.1, 0.15) is 18.5 Å².